The van der Waals surface area contributed by atoms with Gasteiger partial charge in [-0.3, -0.25) is 4.79 Å². The number of amides is 1. The van der Waals surface area contributed by atoms with Crippen LogP contribution in [0.1, 0.15) is 22.3 Å². The van der Waals surface area contributed by atoms with Gasteiger partial charge in [-0.2, -0.15) is 0 Å². The van der Waals surface area contributed by atoms with Gasteiger partial charge in [-0.1, -0.05) is 0 Å². The van der Waals surface area contributed by atoms with Gasteiger partial charge < -0.3 is 29.6 Å². The van der Waals surface area contributed by atoms with Crippen LogP contribution in [0.5, 0.6) is 5.75 Å². The first-order chi connectivity index (χ1) is 16.3. The van der Waals surface area contributed by atoms with Gasteiger partial charge in [-0.15, -0.1) is 0 Å². The van der Waals surface area contributed by atoms with E-state index in [1.165, 1.54) is 26.4 Å². The highest BCUT2D eigenvalue weighted by atomic mass is 79.9. The van der Waals surface area contributed by atoms with Gasteiger partial charge in [0.2, 0.25) is 5.91 Å². The molecule has 34 heavy (non-hydrogen) atoms. The van der Waals surface area contributed by atoms with Gasteiger partial charge in [0, 0.05) is 25.8 Å². The molecule has 11 heteroatoms. The second kappa shape index (κ2) is 12.1. The quantitative estimate of drug-likeness (QED) is 0.252. The SMILES string of the molecule is COCCOc1cc(C(=O)OC)cc(NCC2CCO2)c1NC(=O)Cc1cc(F)c(Br)cc1F. The standard InChI is InChI=1S/C23H25BrF2N2O6/c1-31-5-6-34-20-9-14(23(30)32-2)8-19(27-12-15-3-4-33-15)22(20)28-21(29)10-13-7-18(26)16(24)11-17(13)25/h7-9,11,15,27H,3-6,10,12H2,1-2H3,(H,28,29). The van der Waals surface area contributed by atoms with E-state index in [0.29, 0.717) is 18.8 Å². The van der Waals surface area contributed by atoms with Crippen molar-refractivity contribution in [1.29, 1.82) is 0 Å². The summed E-state index contributed by atoms with van der Waals surface area (Å²) >= 11 is 2.91. The monoisotopic (exact) mass is 542 g/mol. The summed E-state index contributed by atoms with van der Waals surface area (Å²) in [5, 5.41) is 5.86. The van der Waals surface area contributed by atoms with Crippen molar-refractivity contribution in [3.05, 3.63) is 51.5 Å². The zero-order valence-electron chi connectivity index (χ0n) is 18.7. The van der Waals surface area contributed by atoms with Gasteiger partial charge >= 0.3 is 5.97 Å². The largest absolute Gasteiger partial charge is 0.489 e. The second-order valence-corrected chi connectivity index (χ2v) is 8.33. The number of esters is 1. The summed E-state index contributed by atoms with van der Waals surface area (Å²) in [6.45, 7) is 1.50. The van der Waals surface area contributed by atoms with E-state index in [0.717, 1.165) is 18.6 Å². The molecule has 2 aromatic carbocycles. The predicted octanol–water partition coefficient (Wildman–Crippen LogP) is 3.92. The number of benzene rings is 2. The summed E-state index contributed by atoms with van der Waals surface area (Å²) in [5.74, 6) is -2.41. The van der Waals surface area contributed by atoms with Gasteiger partial charge in [0.1, 0.15) is 29.7 Å². The molecule has 1 atom stereocenters. The van der Waals surface area contributed by atoms with E-state index in [2.05, 4.69) is 26.6 Å². The molecule has 0 radical (unpaired) electrons. The summed E-state index contributed by atoms with van der Waals surface area (Å²) in [5.41, 5.74) is 0.724. The van der Waals surface area contributed by atoms with E-state index < -0.39 is 29.9 Å². The third-order valence-electron chi connectivity index (χ3n) is 5.09. The van der Waals surface area contributed by atoms with Crippen molar-refractivity contribution in [3.63, 3.8) is 0 Å². The van der Waals surface area contributed by atoms with Crippen molar-refractivity contribution in [3.8, 4) is 5.75 Å². The van der Waals surface area contributed by atoms with Gasteiger partial charge in [-0.05, 0) is 46.6 Å². The molecule has 1 fully saturated rings. The van der Waals surface area contributed by atoms with Crippen LogP contribution in [-0.4, -0.2) is 58.6 Å². The highest BCUT2D eigenvalue weighted by molar-refractivity contribution is 9.10. The Morgan fingerprint density at radius 2 is 1.91 bits per heavy atom. The molecule has 1 saturated heterocycles. The Morgan fingerprint density at radius 1 is 1.15 bits per heavy atom. The van der Waals surface area contributed by atoms with Crippen LogP contribution in [0.4, 0.5) is 20.2 Å². The van der Waals surface area contributed by atoms with E-state index in [1.54, 1.807) is 0 Å². The molecule has 1 heterocycles. The maximum absolute atomic E-state index is 14.2. The Bertz CT molecular complexity index is 1050. The highest BCUT2D eigenvalue weighted by Crippen LogP contribution is 2.36. The Hall–Kier alpha value is -2.76. The molecule has 8 nitrogen and oxygen atoms in total. The summed E-state index contributed by atoms with van der Waals surface area (Å²) < 4.78 is 49.1. The zero-order chi connectivity index (χ0) is 24.7. The molecule has 184 valence electrons. The maximum Gasteiger partial charge on any atom is 0.338 e. The zero-order valence-corrected chi connectivity index (χ0v) is 20.3. The molecule has 2 N–H and O–H groups in total. The van der Waals surface area contributed by atoms with Crippen LogP contribution >= 0.6 is 15.9 Å². The number of rotatable bonds is 11. The minimum absolute atomic E-state index is 0.0111. The van der Waals surface area contributed by atoms with Crippen molar-refractivity contribution >= 4 is 39.2 Å². The Balaban J connectivity index is 1.91. The minimum Gasteiger partial charge on any atom is -0.489 e. The van der Waals surface area contributed by atoms with E-state index in [-0.39, 0.29) is 46.4 Å². The molecule has 0 spiro atoms. The lowest BCUT2D eigenvalue weighted by molar-refractivity contribution is -0.115. The molecule has 0 saturated carbocycles. The molecule has 1 amide bonds. The lowest BCUT2D eigenvalue weighted by atomic mass is 10.1. The summed E-state index contributed by atoms with van der Waals surface area (Å²) in [6, 6.07) is 4.88. The van der Waals surface area contributed by atoms with Crippen molar-refractivity contribution in [2.45, 2.75) is 18.9 Å². The van der Waals surface area contributed by atoms with Crippen molar-refractivity contribution < 1.29 is 37.3 Å². The molecule has 0 aliphatic carbocycles. The molecular formula is C23H25BrF2N2O6. The summed E-state index contributed by atoms with van der Waals surface area (Å²) in [6.07, 6.45) is 0.442. The average Bonchev–Trinajstić information content (AvgIpc) is 2.77. The Labute approximate surface area is 204 Å². The number of nitrogens with one attached hydrogen (secondary N) is 2. The molecule has 1 aliphatic rings. The third-order valence-corrected chi connectivity index (χ3v) is 5.69. The number of hydrogen-bond donors (Lipinski definition) is 2. The number of ether oxygens (including phenoxy) is 4. The first kappa shape index (κ1) is 25.9. The molecule has 3 rings (SSSR count). The number of halogens is 3. The average molecular weight is 543 g/mol. The van der Waals surface area contributed by atoms with Gasteiger partial charge in [0.25, 0.3) is 0 Å². The lowest BCUT2D eigenvalue weighted by Crippen LogP contribution is -2.33. The van der Waals surface area contributed by atoms with E-state index in [1.807, 2.05) is 0 Å². The predicted molar refractivity (Wildman–Crippen MR) is 124 cm³/mol. The first-order valence-corrected chi connectivity index (χ1v) is 11.3. The van der Waals surface area contributed by atoms with Crippen LogP contribution in [0.3, 0.4) is 0 Å². The summed E-state index contributed by atoms with van der Waals surface area (Å²) in [7, 11) is 2.76. The Kier molecular flexibility index (Phi) is 9.20. The normalized spacial score (nSPS) is 14.8. The van der Waals surface area contributed by atoms with Crippen LogP contribution in [0.25, 0.3) is 0 Å². The highest BCUT2D eigenvalue weighted by Gasteiger charge is 2.22. The van der Waals surface area contributed by atoms with Crippen LogP contribution in [0.2, 0.25) is 0 Å². The van der Waals surface area contributed by atoms with E-state index in [4.69, 9.17) is 18.9 Å². The number of methoxy groups -OCH3 is 2. The van der Waals surface area contributed by atoms with Crippen LogP contribution in [0.15, 0.2) is 28.7 Å². The van der Waals surface area contributed by atoms with Crippen LogP contribution in [-0.2, 0) is 25.4 Å². The fraction of sp³-hybridized carbons (Fsp3) is 0.391. The molecule has 2 aromatic rings. The molecule has 0 aromatic heterocycles. The summed E-state index contributed by atoms with van der Waals surface area (Å²) in [4.78, 5) is 25.0. The fourth-order valence-electron chi connectivity index (χ4n) is 3.19. The number of hydrogen-bond acceptors (Lipinski definition) is 7. The Morgan fingerprint density at radius 3 is 2.56 bits per heavy atom. The van der Waals surface area contributed by atoms with Crippen molar-refractivity contribution in [2.75, 3.05) is 51.2 Å². The van der Waals surface area contributed by atoms with Gasteiger partial charge in [0.15, 0.2) is 0 Å². The second-order valence-electron chi connectivity index (χ2n) is 7.47. The van der Waals surface area contributed by atoms with Gasteiger partial charge in [-0.25, -0.2) is 13.6 Å². The molecule has 1 unspecified atom stereocenters. The number of carbonyl (C=O) groups excluding carboxylic acids is 2. The molecular weight excluding hydrogens is 518 g/mol. The molecule has 1 aliphatic heterocycles. The van der Waals surface area contributed by atoms with Crippen molar-refractivity contribution in [2.24, 2.45) is 0 Å². The van der Waals surface area contributed by atoms with Crippen molar-refractivity contribution in [1.82, 2.24) is 0 Å². The smallest absolute Gasteiger partial charge is 0.338 e. The third kappa shape index (κ3) is 6.64. The minimum atomic E-state index is -0.721. The van der Waals surface area contributed by atoms with Crippen LogP contribution < -0.4 is 15.4 Å². The van der Waals surface area contributed by atoms with E-state index >= 15 is 0 Å². The lowest BCUT2D eigenvalue weighted by Gasteiger charge is -2.28. The number of anilines is 2. The van der Waals surface area contributed by atoms with Gasteiger partial charge in [0.05, 0.1) is 42.0 Å². The maximum atomic E-state index is 14.2. The first-order valence-electron chi connectivity index (χ1n) is 10.5. The molecule has 0 bridgehead atoms. The van der Waals surface area contributed by atoms with Crippen LogP contribution in [0, 0.1) is 11.6 Å². The topological polar surface area (TPSA) is 95.1 Å². The fourth-order valence-corrected chi connectivity index (χ4v) is 3.51. The van der Waals surface area contributed by atoms with E-state index in [9.17, 15) is 18.4 Å². The number of carbonyl (C=O) groups is 2.